The van der Waals surface area contributed by atoms with Crippen LogP contribution in [0.3, 0.4) is 0 Å². The Morgan fingerprint density at radius 1 is 1.36 bits per heavy atom. The third kappa shape index (κ3) is 6.26. The van der Waals surface area contributed by atoms with Gasteiger partial charge >= 0.3 is 92.2 Å². The molecule has 14 heavy (non-hydrogen) atoms. The second kappa shape index (κ2) is 8.11. The molecular formula is C11H22AsNO. The summed E-state index contributed by atoms with van der Waals surface area (Å²) in [6, 6.07) is 0. The molecule has 0 fully saturated rings. The molecule has 0 radical (unpaired) electrons. The summed E-state index contributed by atoms with van der Waals surface area (Å²) in [5.41, 5.74) is 0.602. The predicted octanol–water partition coefficient (Wildman–Crippen LogP) is 2.60. The van der Waals surface area contributed by atoms with E-state index in [2.05, 4.69) is 25.7 Å². The Balaban J connectivity index is 3.46. The SMILES string of the molecule is C=C(C)C(=O)NCCC[As](CC)CC. The Kier molecular flexibility index (Phi) is 7.97. The molecular weight excluding hydrogens is 237 g/mol. The molecule has 0 aromatic carbocycles. The van der Waals surface area contributed by atoms with Crippen LogP contribution < -0.4 is 5.32 Å². The van der Waals surface area contributed by atoms with Gasteiger partial charge in [0.05, 0.1) is 0 Å². The normalized spacial score (nSPS) is 10.3. The van der Waals surface area contributed by atoms with Crippen molar-refractivity contribution in [1.29, 1.82) is 0 Å². The number of rotatable bonds is 7. The number of amides is 1. The summed E-state index contributed by atoms with van der Waals surface area (Å²) in [5, 5.41) is 7.00. The minimum atomic E-state index is -0.517. The first-order chi connectivity index (χ1) is 6.61. The average molecular weight is 259 g/mol. The summed E-state index contributed by atoms with van der Waals surface area (Å²) in [7, 11) is 0. The number of hydrogen-bond acceptors (Lipinski definition) is 1. The molecule has 0 aliphatic carbocycles. The van der Waals surface area contributed by atoms with E-state index in [0.717, 1.165) is 13.0 Å². The number of nitrogens with one attached hydrogen (secondary N) is 1. The van der Waals surface area contributed by atoms with Crippen LogP contribution in [-0.4, -0.2) is 27.1 Å². The Hall–Kier alpha value is -0.232. The first kappa shape index (κ1) is 13.8. The Morgan fingerprint density at radius 3 is 2.36 bits per heavy atom. The van der Waals surface area contributed by atoms with Crippen molar-refractivity contribution in [3.63, 3.8) is 0 Å². The molecule has 0 aromatic rings. The van der Waals surface area contributed by atoms with Gasteiger partial charge in [-0.25, -0.2) is 0 Å². The molecule has 0 rings (SSSR count). The van der Waals surface area contributed by atoms with Crippen LogP contribution in [0.25, 0.3) is 0 Å². The van der Waals surface area contributed by atoms with Gasteiger partial charge in [0.25, 0.3) is 0 Å². The van der Waals surface area contributed by atoms with Crippen molar-refractivity contribution in [3.8, 4) is 0 Å². The van der Waals surface area contributed by atoms with Gasteiger partial charge in [0, 0.05) is 0 Å². The number of carbonyl (C=O) groups is 1. The molecule has 0 aliphatic rings. The van der Waals surface area contributed by atoms with Crippen molar-refractivity contribution in [1.82, 2.24) is 5.32 Å². The van der Waals surface area contributed by atoms with Gasteiger partial charge in [0.1, 0.15) is 0 Å². The molecule has 0 aromatic heterocycles. The van der Waals surface area contributed by atoms with Crippen LogP contribution in [0.15, 0.2) is 12.2 Å². The maximum absolute atomic E-state index is 11.1. The first-order valence-corrected chi connectivity index (χ1v) is 9.25. The van der Waals surface area contributed by atoms with E-state index in [0.29, 0.717) is 5.57 Å². The van der Waals surface area contributed by atoms with Crippen LogP contribution in [0.1, 0.15) is 27.2 Å². The molecule has 0 bridgehead atoms. The summed E-state index contributed by atoms with van der Waals surface area (Å²) < 4.78 is 0. The summed E-state index contributed by atoms with van der Waals surface area (Å²) >= 11 is -0.517. The van der Waals surface area contributed by atoms with Crippen LogP contribution >= 0.6 is 0 Å². The van der Waals surface area contributed by atoms with E-state index in [1.54, 1.807) is 6.92 Å². The Bertz CT molecular complexity index is 188. The van der Waals surface area contributed by atoms with Crippen molar-refractivity contribution in [2.45, 2.75) is 42.8 Å². The molecule has 0 atom stereocenters. The van der Waals surface area contributed by atoms with Crippen LogP contribution in [0, 0.1) is 0 Å². The van der Waals surface area contributed by atoms with Crippen molar-refractivity contribution in [2.24, 2.45) is 0 Å². The topological polar surface area (TPSA) is 29.1 Å². The molecule has 0 saturated heterocycles. The third-order valence-corrected chi connectivity index (χ3v) is 7.96. The van der Waals surface area contributed by atoms with Crippen molar-refractivity contribution < 1.29 is 4.79 Å². The number of carbonyl (C=O) groups excluding carboxylic acids is 1. The van der Waals surface area contributed by atoms with Crippen molar-refractivity contribution in [2.75, 3.05) is 6.54 Å². The van der Waals surface area contributed by atoms with Crippen molar-refractivity contribution in [3.05, 3.63) is 12.2 Å². The summed E-state index contributed by atoms with van der Waals surface area (Å²) in [5.74, 6) is -0.00273. The summed E-state index contributed by atoms with van der Waals surface area (Å²) in [4.78, 5) is 11.1. The van der Waals surface area contributed by atoms with Crippen molar-refractivity contribution >= 4 is 20.6 Å². The summed E-state index contributed by atoms with van der Waals surface area (Å²) in [6.07, 6.45) is 1.14. The molecule has 0 saturated carbocycles. The van der Waals surface area contributed by atoms with Gasteiger partial charge in [-0.05, 0) is 0 Å². The molecule has 0 heterocycles. The fourth-order valence-corrected chi connectivity index (χ4v) is 4.73. The van der Waals surface area contributed by atoms with E-state index in [-0.39, 0.29) is 5.91 Å². The Labute approximate surface area is 92.4 Å². The second-order valence-corrected chi connectivity index (χ2v) is 9.82. The fraction of sp³-hybridized carbons (Fsp3) is 0.727. The third-order valence-electron chi connectivity index (χ3n) is 2.22. The van der Waals surface area contributed by atoms with Crippen LogP contribution in [0.4, 0.5) is 0 Å². The zero-order valence-electron chi connectivity index (χ0n) is 9.60. The zero-order chi connectivity index (χ0) is 11.0. The molecule has 1 amide bonds. The van der Waals surface area contributed by atoms with Gasteiger partial charge in [0.2, 0.25) is 0 Å². The molecule has 2 nitrogen and oxygen atoms in total. The van der Waals surface area contributed by atoms with E-state index < -0.39 is 14.7 Å². The molecule has 0 aliphatic heterocycles. The maximum atomic E-state index is 11.1. The number of hydrogen-bond donors (Lipinski definition) is 1. The summed E-state index contributed by atoms with van der Waals surface area (Å²) in [6.45, 7) is 10.7. The van der Waals surface area contributed by atoms with E-state index in [4.69, 9.17) is 0 Å². The average Bonchev–Trinajstić information content (AvgIpc) is 2.17. The quantitative estimate of drug-likeness (QED) is 0.425. The standard InChI is InChI=1S/C11H22AsNO/c1-5-12(6-2)8-7-9-13-11(14)10(3)4/h3,5-9H2,1-2,4H3,(H,13,14). The van der Waals surface area contributed by atoms with E-state index in [9.17, 15) is 4.79 Å². The van der Waals surface area contributed by atoms with Gasteiger partial charge in [-0.15, -0.1) is 0 Å². The molecule has 1 N–H and O–H groups in total. The monoisotopic (exact) mass is 259 g/mol. The predicted molar refractivity (Wildman–Crippen MR) is 64.0 cm³/mol. The molecule has 0 spiro atoms. The molecule has 82 valence electrons. The molecule has 0 unspecified atom stereocenters. The zero-order valence-corrected chi connectivity index (χ0v) is 11.5. The van der Waals surface area contributed by atoms with Gasteiger partial charge in [0.15, 0.2) is 0 Å². The van der Waals surface area contributed by atoms with Gasteiger partial charge in [-0.2, -0.15) is 0 Å². The molecule has 3 heteroatoms. The van der Waals surface area contributed by atoms with E-state index >= 15 is 0 Å². The second-order valence-electron chi connectivity index (χ2n) is 3.42. The van der Waals surface area contributed by atoms with Gasteiger partial charge in [-0.3, -0.25) is 0 Å². The minimum absolute atomic E-state index is 0.00273. The van der Waals surface area contributed by atoms with Gasteiger partial charge in [-0.1, -0.05) is 0 Å². The fourth-order valence-electron chi connectivity index (χ4n) is 1.20. The van der Waals surface area contributed by atoms with Gasteiger partial charge < -0.3 is 0 Å². The Morgan fingerprint density at radius 2 is 1.93 bits per heavy atom. The van der Waals surface area contributed by atoms with Crippen LogP contribution in [0.5, 0.6) is 0 Å². The van der Waals surface area contributed by atoms with E-state index in [1.165, 1.54) is 15.6 Å². The van der Waals surface area contributed by atoms with E-state index in [1.807, 2.05) is 0 Å². The van der Waals surface area contributed by atoms with Crippen LogP contribution in [-0.2, 0) is 4.79 Å². The van der Waals surface area contributed by atoms with Crippen LogP contribution in [0.2, 0.25) is 15.6 Å². The first-order valence-electron chi connectivity index (χ1n) is 5.27.